The Morgan fingerprint density at radius 2 is 2.12 bits per heavy atom. The molecule has 1 N–H and O–H groups in total. The molecular weight excluding hydrogens is 231 g/mol. The van der Waals surface area contributed by atoms with Crippen LogP contribution < -0.4 is 5.32 Å². The van der Waals surface area contributed by atoms with Crippen LogP contribution in [0.3, 0.4) is 0 Å². The summed E-state index contributed by atoms with van der Waals surface area (Å²) in [4.78, 5) is 23.9. The third kappa shape index (κ3) is 1.79. The second kappa shape index (κ2) is 3.97. The van der Waals surface area contributed by atoms with E-state index in [1.807, 2.05) is 0 Å². The number of nitrogens with one attached hydrogen (secondary N) is 1. The predicted molar refractivity (Wildman–Crippen MR) is 58.2 cm³/mol. The lowest BCUT2D eigenvalue weighted by atomic mass is 10.2. The highest BCUT2D eigenvalue weighted by Crippen LogP contribution is 2.12. The molecule has 0 atom stereocenters. The van der Waals surface area contributed by atoms with E-state index in [1.54, 1.807) is 6.07 Å². The average molecular weight is 238 g/mol. The van der Waals surface area contributed by atoms with Crippen LogP contribution in [0.25, 0.3) is 0 Å². The van der Waals surface area contributed by atoms with Crippen molar-refractivity contribution in [1.82, 2.24) is 10.2 Å². The van der Waals surface area contributed by atoms with Gasteiger partial charge in [-0.25, -0.2) is 4.39 Å². The molecule has 6 heteroatoms. The molecule has 0 bridgehead atoms. The first-order chi connectivity index (χ1) is 7.59. The fourth-order valence-electron chi connectivity index (χ4n) is 1.39. The summed E-state index contributed by atoms with van der Waals surface area (Å²) in [6.45, 7) is -0.161. The van der Waals surface area contributed by atoms with E-state index in [0.717, 1.165) is 4.90 Å². The minimum absolute atomic E-state index is 0.0123. The van der Waals surface area contributed by atoms with Crippen molar-refractivity contribution in [3.05, 3.63) is 35.6 Å². The molecule has 0 unspecified atom stereocenters. The summed E-state index contributed by atoms with van der Waals surface area (Å²) in [5, 5.41) is 2.32. The maximum absolute atomic E-state index is 13.3. The van der Waals surface area contributed by atoms with Gasteiger partial charge in [0.25, 0.3) is 5.91 Å². The summed E-state index contributed by atoms with van der Waals surface area (Å²) >= 11 is 4.79. The molecule has 1 aromatic carbocycles. The van der Waals surface area contributed by atoms with Gasteiger partial charge in [-0.1, -0.05) is 12.1 Å². The first kappa shape index (κ1) is 10.7. The van der Waals surface area contributed by atoms with Gasteiger partial charge in [0.15, 0.2) is 5.11 Å². The maximum Gasteiger partial charge on any atom is 0.263 e. The monoisotopic (exact) mass is 238 g/mol. The van der Waals surface area contributed by atoms with Crippen molar-refractivity contribution in [1.29, 1.82) is 0 Å². The molecule has 1 aliphatic rings. The molecule has 16 heavy (non-hydrogen) atoms. The van der Waals surface area contributed by atoms with Gasteiger partial charge in [-0.05, 0) is 24.4 Å². The SMILES string of the molecule is O=C1CN(C(=O)c2ccccc2F)C(=S)N1. The fourth-order valence-corrected chi connectivity index (χ4v) is 1.65. The Bertz CT molecular complexity index is 489. The third-order valence-corrected chi connectivity index (χ3v) is 2.47. The van der Waals surface area contributed by atoms with E-state index in [1.165, 1.54) is 18.2 Å². The van der Waals surface area contributed by atoms with Crippen LogP contribution in [0.4, 0.5) is 4.39 Å². The van der Waals surface area contributed by atoms with Gasteiger partial charge in [0, 0.05) is 0 Å². The number of nitrogens with zero attached hydrogens (tertiary/aromatic N) is 1. The maximum atomic E-state index is 13.3. The summed E-state index contributed by atoms with van der Waals surface area (Å²) in [6, 6.07) is 5.56. The molecule has 1 fully saturated rings. The Hall–Kier alpha value is -1.82. The lowest BCUT2D eigenvalue weighted by Gasteiger charge is -2.13. The molecule has 0 spiro atoms. The number of halogens is 1. The molecule has 0 aromatic heterocycles. The molecule has 1 aromatic rings. The zero-order valence-electron chi connectivity index (χ0n) is 8.07. The normalized spacial score (nSPS) is 15.2. The van der Waals surface area contributed by atoms with Crippen molar-refractivity contribution >= 4 is 29.1 Å². The van der Waals surface area contributed by atoms with E-state index in [9.17, 15) is 14.0 Å². The molecule has 0 aliphatic carbocycles. The van der Waals surface area contributed by atoms with E-state index < -0.39 is 11.7 Å². The molecule has 0 radical (unpaired) electrons. The topological polar surface area (TPSA) is 49.4 Å². The molecule has 2 rings (SSSR count). The van der Waals surface area contributed by atoms with Crippen molar-refractivity contribution in [2.75, 3.05) is 6.54 Å². The number of carbonyl (C=O) groups is 2. The van der Waals surface area contributed by atoms with E-state index in [4.69, 9.17) is 12.2 Å². The van der Waals surface area contributed by atoms with E-state index >= 15 is 0 Å². The van der Waals surface area contributed by atoms with Crippen molar-refractivity contribution in [2.24, 2.45) is 0 Å². The van der Waals surface area contributed by atoms with E-state index in [-0.39, 0.29) is 23.1 Å². The number of hydrogen-bond acceptors (Lipinski definition) is 3. The Morgan fingerprint density at radius 1 is 1.44 bits per heavy atom. The molecule has 4 nitrogen and oxygen atoms in total. The van der Waals surface area contributed by atoms with E-state index in [2.05, 4.69) is 5.32 Å². The van der Waals surface area contributed by atoms with Crippen LogP contribution >= 0.6 is 12.2 Å². The number of benzene rings is 1. The zero-order chi connectivity index (χ0) is 11.7. The molecule has 1 heterocycles. The summed E-state index contributed by atoms with van der Waals surface area (Å²) in [5.41, 5.74) is -0.0960. The Balaban J connectivity index is 2.30. The standard InChI is InChI=1S/C10H7FN2O2S/c11-7-4-2-1-3-6(7)9(15)13-5-8(14)12-10(13)16/h1-4H,5H2,(H,12,14,16). The minimum Gasteiger partial charge on any atom is -0.301 e. The number of thiocarbonyl (C=S) groups is 1. The van der Waals surface area contributed by atoms with Crippen LogP contribution in [0.5, 0.6) is 0 Å². The number of carbonyl (C=O) groups excluding carboxylic acids is 2. The van der Waals surface area contributed by atoms with Gasteiger partial charge >= 0.3 is 0 Å². The van der Waals surface area contributed by atoms with Crippen molar-refractivity contribution in [2.45, 2.75) is 0 Å². The first-order valence-corrected chi connectivity index (χ1v) is 4.90. The summed E-state index contributed by atoms with van der Waals surface area (Å²) in [6.07, 6.45) is 0. The summed E-state index contributed by atoms with van der Waals surface area (Å²) in [5.74, 6) is -1.61. The molecule has 0 saturated carbocycles. The Labute approximate surface area is 96.0 Å². The number of hydrogen-bond donors (Lipinski definition) is 1. The molecule has 1 saturated heterocycles. The molecular formula is C10H7FN2O2S. The average Bonchev–Trinajstić information content (AvgIpc) is 2.58. The van der Waals surface area contributed by atoms with Gasteiger partial charge in [0.1, 0.15) is 12.4 Å². The Morgan fingerprint density at radius 3 is 2.69 bits per heavy atom. The Kier molecular flexibility index (Phi) is 2.66. The lowest BCUT2D eigenvalue weighted by Crippen LogP contribution is -2.34. The van der Waals surface area contributed by atoms with Crippen molar-refractivity contribution in [3.63, 3.8) is 0 Å². The highest BCUT2D eigenvalue weighted by atomic mass is 32.1. The fraction of sp³-hybridized carbons (Fsp3) is 0.100. The van der Waals surface area contributed by atoms with Gasteiger partial charge < -0.3 is 5.32 Å². The van der Waals surface area contributed by atoms with Gasteiger partial charge in [-0.3, -0.25) is 14.5 Å². The lowest BCUT2D eigenvalue weighted by molar-refractivity contribution is -0.118. The number of amides is 2. The van der Waals surface area contributed by atoms with Crippen molar-refractivity contribution in [3.8, 4) is 0 Å². The largest absolute Gasteiger partial charge is 0.301 e. The second-order valence-electron chi connectivity index (χ2n) is 3.22. The molecule has 1 aliphatic heterocycles. The molecule has 82 valence electrons. The highest BCUT2D eigenvalue weighted by Gasteiger charge is 2.30. The summed E-state index contributed by atoms with van der Waals surface area (Å²) in [7, 11) is 0. The third-order valence-electron chi connectivity index (χ3n) is 2.14. The van der Waals surface area contributed by atoms with Gasteiger partial charge in [0.05, 0.1) is 5.56 Å². The highest BCUT2D eigenvalue weighted by molar-refractivity contribution is 7.80. The first-order valence-electron chi connectivity index (χ1n) is 4.50. The van der Waals surface area contributed by atoms with Crippen LogP contribution in [0, 0.1) is 5.82 Å². The zero-order valence-corrected chi connectivity index (χ0v) is 8.88. The second-order valence-corrected chi connectivity index (χ2v) is 3.61. The predicted octanol–water partition coefficient (Wildman–Crippen LogP) is 0.683. The van der Waals surface area contributed by atoms with Crippen LogP contribution in [0.2, 0.25) is 0 Å². The van der Waals surface area contributed by atoms with Crippen LogP contribution in [0.1, 0.15) is 10.4 Å². The van der Waals surface area contributed by atoms with Crippen LogP contribution in [0.15, 0.2) is 24.3 Å². The molecule has 2 amide bonds. The smallest absolute Gasteiger partial charge is 0.263 e. The quantitative estimate of drug-likeness (QED) is 0.732. The van der Waals surface area contributed by atoms with Gasteiger partial charge in [-0.2, -0.15) is 0 Å². The van der Waals surface area contributed by atoms with Crippen LogP contribution in [-0.4, -0.2) is 28.4 Å². The van der Waals surface area contributed by atoms with Crippen molar-refractivity contribution < 1.29 is 14.0 Å². The van der Waals surface area contributed by atoms with Gasteiger partial charge in [-0.15, -0.1) is 0 Å². The van der Waals surface area contributed by atoms with E-state index in [0.29, 0.717) is 0 Å². The number of rotatable bonds is 1. The minimum atomic E-state index is -0.630. The summed E-state index contributed by atoms with van der Waals surface area (Å²) < 4.78 is 13.3. The van der Waals surface area contributed by atoms with Gasteiger partial charge in [0.2, 0.25) is 5.91 Å². The van der Waals surface area contributed by atoms with Crippen LogP contribution in [-0.2, 0) is 4.79 Å².